The van der Waals surface area contributed by atoms with E-state index in [4.69, 9.17) is 4.74 Å². The summed E-state index contributed by atoms with van der Waals surface area (Å²) in [4.78, 5) is 25.6. The molecule has 1 unspecified atom stereocenters. The summed E-state index contributed by atoms with van der Waals surface area (Å²) in [6.07, 6.45) is -0.601. The van der Waals surface area contributed by atoms with Gasteiger partial charge in [-0.05, 0) is 36.8 Å². The first-order valence-electron chi connectivity index (χ1n) is 7.57. The lowest BCUT2D eigenvalue weighted by molar-refractivity contribution is -0.125. The van der Waals surface area contributed by atoms with E-state index in [1.54, 1.807) is 50.4 Å². The lowest BCUT2D eigenvalue weighted by atomic mass is 10.1. The summed E-state index contributed by atoms with van der Waals surface area (Å²) < 4.78 is 19.1. The highest BCUT2D eigenvalue weighted by atomic mass is 19.1. The third-order valence-electron chi connectivity index (χ3n) is 3.89. The second kappa shape index (κ2) is 6.31. The SMILES string of the molecule is CC1Oc2ccc(NC(=O)Cc3ccccc3F)cc2N(C)C1=O. The summed E-state index contributed by atoms with van der Waals surface area (Å²) in [7, 11) is 1.66. The highest BCUT2D eigenvalue weighted by molar-refractivity contribution is 6.00. The first kappa shape index (κ1) is 16.0. The molecule has 2 aromatic carbocycles. The molecule has 5 nitrogen and oxygen atoms in total. The van der Waals surface area contributed by atoms with Crippen LogP contribution in [0.4, 0.5) is 15.8 Å². The summed E-state index contributed by atoms with van der Waals surface area (Å²) in [6.45, 7) is 1.69. The summed E-state index contributed by atoms with van der Waals surface area (Å²) in [5.74, 6) is -0.320. The van der Waals surface area contributed by atoms with Crippen molar-refractivity contribution in [3.8, 4) is 5.75 Å². The van der Waals surface area contributed by atoms with Crippen LogP contribution in [-0.2, 0) is 16.0 Å². The van der Waals surface area contributed by atoms with Crippen molar-refractivity contribution in [2.45, 2.75) is 19.4 Å². The summed E-state index contributed by atoms with van der Waals surface area (Å²) in [5.41, 5.74) is 1.44. The van der Waals surface area contributed by atoms with Gasteiger partial charge in [0.2, 0.25) is 5.91 Å². The minimum absolute atomic E-state index is 0.0634. The summed E-state index contributed by atoms with van der Waals surface area (Å²) in [6, 6.07) is 11.2. The molecule has 124 valence electrons. The Bertz CT molecular complexity index is 807. The number of hydrogen-bond donors (Lipinski definition) is 1. The van der Waals surface area contributed by atoms with Gasteiger partial charge in [0.1, 0.15) is 11.6 Å². The Balaban J connectivity index is 1.76. The number of benzene rings is 2. The van der Waals surface area contributed by atoms with Crippen LogP contribution < -0.4 is 15.0 Å². The molecule has 0 spiro atoms. The Morgan fingerprint density at radius 3 is 2.79 bits per heavy atom. The molecule has 1 atom stereocenters. The molecule has 3 rings (SSSR count). The number of carbonyl (C=O) groups is 2. The van der Waals surface area contributed by atoms with Gasteiger partial charge in [0, 0.05) is 12.7 Å². The fraction of sp³-hybridized carbons (Fsp3) is 0.222. The first-order chi connectivity index (χ1) is 11.5. The first-order valence-corrected chi connectivity index (χ1v) is 7.57. The maximum atomic E-state index is 13.6. The molecule has 0 radical (unpaired) electrons. The molecule has 2 amide bonds. The minimum Gasteiger partial charge on any atom is -0.479 e. The number of halogens is 1. The molecule has 1 heterocycles. The summed E-state index contributed by atoms with van der Waals surface area (Å²) >= 11 is 0. The fourth-order valence-electron chi connectivity index (χ4n) is 2.61. The van der Waals surface area contributed by atoms with Crippen molar-refractivity contribution < 1.29 is 18.7 Å². The number of carbonyl (C=O) groups excluding carboxylic acids is 2. The van der Waals surface area contributed by atoms with E-state index in [0.29, 0.717) is 22.7 Å². The van der Waals surface area contributed by atoms with Gasteiger partial charge < -0.3 is 15.0 Å². The molecule has 0 fully saturated rings. The zero-order valence-electron chi connectivity index (χ0n) is 13.4. The Morgan fingerprint density at radius 1 is 1.29 bits per heavy atom. The Kier molecular flexibility index (Phi) is 4.20. The monoisotopic (exact) mass is 328 g/mol. The van der Waals surface area contributed by atoms with Gasteiger partial charge in [-0.15, -0.1) is 0 Å². The summed E-state index contributed by atoms with van der Waals surface area (Å²) in [5, 5.41) is 2.72. The maximum absolute atomic E-state index is 13.6. The van der Waals surface area contributed by atoms with Crippen molar-refractivity contribution in [2.75, 3.05) is 17.3 Å². The van der Waals surface area contributed by atoms with Crippen molar-refractivity contribution in [1.82, 2.24) is 0 Å². The van der Waals surface area contributed by atoms with E-state index in [0.717, 1.165) is 0 Å². The second-order valence-electron chi connectivity index (χ2n) is 5.66. The molecule has 1 aliphatic rings. The average Bonchev–Trinajstić information content (AvgIpc) is 2.55. The van der Waals surface area contributed by atoms with Crippen LogP contribution >= 0.6 is 0 Å². The lowest BCUT2D eigenvalue weighted by Gasteiger charge is -2.30. The molecule has 0 aromatic heterocycles. The van der Waals surface area contributed by atoms with E-state index in [9.17, 15) is 14.0 Å². The quantitative estimate of drug-likeness (QED) is 0.942. The van der Waals surface area contributed by atoms with Crippen LogP contribution in [0.5, 0.6) is 5.75 Å². The number of fused-ring (bicyclic) bond motifs is 1. The molecule has 2 aromatic rings. The lowest BCUT2D eigenvalue weighted by Crippen LogP contribution is -2.42. The van der Waals surface area contributed by atoms with Gasteiger partial charge in [0.25, 0.3) is 5.91 Å². The largest absolute Gasteiger partial charge is 0.479 e. The van der Waals surface area contributed by atoms with Crippen LogP contribution in [0.25, 0.3) is 0 Å². The van der Waals surface area contributed by atoms with Crippen LogP contribution in [0.3, 0.4) is 0 Å². The van der Waals surface area contributed by atoms with E-state index in [1.165, 1.54) is 11.0 Å². The van der Waals surface area contributed by atoms with Crippen molar-refractivity contribution in [1.29, 1.82) is 0 Å². The molecule has 6 heteroatoms. The molecule has 0 saturated carbocycles. The molecular formula is C18H17FN2O3. The number of hydrogen-bond acceptors (Lipinski definition) is 3. The van der Waals surface area contributed by atoms with Gasteiger partial charge in [-0.2, -0.15) is 0 Å². The van der Waals surface area contributed by atoms with E-state index in [1.807, 2.05) is 0 Å². The maximum Gasteiger partial charge on any atom is 0.267 e. The number of nitrogens with zero attached hydrogens (tertiary/aromatic N) is 1. The van der Waals surface area contributed by atoms with Gasteiger partial charge >= 0.3 is 0 Å². The van der Waals surface area contributed by atoms with Crippen LogP contribution in [0.2, 0.25) is 0 Å². The molecule has 0 aliphatic carbocycles. The van der Waals surface area contributed by atoms with Crippen molar-refractivity contribution in [2.24, 2.45) is 0 Å². The van der Waals surface area contributed by atoms with Crippen molar-refractivity contribution in [3.05, 3.63) is 53.8 Å². The number of rotatable bonds is 3. The normalized spacial score (nSPS) is 16.4. The molecular weight excluding hydrogens is 311 g/mol. The van der Waals surface area contributed by atoms with Crippen molar-refractivity contribution in [3.63, 3.8) is 0 Å². The van der Waals surface area contributed by atoms with E-state index >= 15 is 0 Å². The Hall–Kier alpha value is -2.89. The van der Waals surface area contributed by atoms with Gasteiger partial charge in [0.15, 0.2) is 6.10 Å². The van der Waals surface area contributed by atoms with Crippen molar-refractivity contribution >= 4 is 23.2 Å². The zero-order valence-corrected chi connectivity index (χ0v) is 13.4. The molecule has 1 N–H and O–H groups in total. The predicted molar refractivity (Wildman–Crippen MR) is 88.7 cm³/mol. The predicted octanol–water partition coefficient (Wildman–Crippen LogP) is 2.75. The molecule has 0 saturated heterocycles. The Morgan fingerprint density at radius 2 is 2.04 bits per heavy atom. The molecule has 24 heavy (non-hydrogen) atoms. The van der Waals surface area contributed by atoms with E-state index in [2.05, 4.69) is 5.32 Å². The van der Waals surface area contributed by atoms with Gasteiger partial charge in [-0.3, -0.25) is 9.59 Å². The van der Waals surface area contributed by atoms with E-state index in [-0.39, 0.29) is 18.2 Å². The number of anilines is 2. The number of ether oxygens (including phenoxy) is 1. The third kappa shape index (κ3) is 3.08. The van der Waals surface area contributed by atoms with Gasteiger partial charge in [0.05, 0.1) is 12.1 Å². The van der Waals surface area contributed by atoms with Crippen LogP contribution in [0.15, 0.2) is 42.5 Å². The second-order valence-corrected chi connectivity index (χ2v) is 5.66. The van der Waals surface area contributed by atoms with E-state index < -0.39 is 11.9 Å². The smallest absolute Gasteiger partial charge is 0.267 e. The average molecular weight is 328 g/mol. The molecule has 0 bridgehead atoms. The zero-order chi connectivity index (χ0) is 17.3. The van der Waals surface area contributed by atoms with Gasteiger partial charge in [-0.1, -0.05) is 18.2 Å². The fourth-order valence-corrected chi connectivity index (χ4v) is 2.61. The number of likely N-dealkylation sites (N-methyl/N-ethyl adjacent to an activating group) is 1. The Labute approximate surface area is 139 Å². The highest BCUT2D eigenvalue weighted by Gasteiger charge is 2.29. The van der Waals surface area contributed by atoms with Gasteiger partial charge in [-0.25, -0.2) is 4.39 Å². The highest BCUT2D eigenvalue weighted by Crippen LogP contribution is 2.35. The third-order valence-corrected chi connectivity index (χ3v) is 3.89. The van der Waals surface area contributed by atoms with Crippen LogP contribution in [0, 0.1) is 5.82 Å². The number of nitrogens with one attached hydrogen (secondary N) is 1. The van der Waals surface area contributed by atoms with Crippen LogP contribution in [-0.4, -0.2) is 25.0 Å². The standard InChI is InChI=1S/C18H17FN2O3/c1-11-18(23)21(2)15-10-13(7-8-16(15)24-11)20-17(22)9-12-5-3-4-6-14(12)19/h3-8,10-11H,9H2,1-2H3,(H,20,22). The minimum atomic E-state index is -0.538. The number of amides is 2. The topological polar surface area (TPSA) is 58.6 Å². The van der Waals surface area contributed by atoms with Crippen LogP contribution in [0.1, 0.15) is 12.5 Å². The molecule has 1 aliphatic heterocycles.